The fraction of sp³-hybridized carbons (Fsp3) is 0.286. The minimum Gasteiger partial charge on any atom is -0.388 e. The summed E-state index contributed by atoms with van der Waals surface area (Å²) in [5, 5.41) is 35.9. The minimum absolute atomic E-state index is 0.0873. The van der Waals surface area contributed by atoms with Crippen LogP contribution in [0.25, 0.3) is 50.4 Å². The Morgan fingerprint density at radius 2 is 1.67 bits per heavy atom. The SMILES string of the molecule is CC(C)CCn1cc(-c2cccnc2-c2ccc3c(c2)C(=O)NC3CC(C)(C)Cn2cc(-c3ccc(C#N)nc3-c3ccn4nc(CO)nc4c3)cn2)cn1. The van der Waals surface area contributed by atoms with Crippen molar-refractivity contribution in [2.45, 2.75) is 66.3 Å². The van der Waals surface area contributed by atoms with Gasteiger partial charge in [0.05, 0.1) is 29.8 Å². The zero-order valence-corrected chi connectivity index (χ0v) is 31.2. The maximum Gasteiger partial charge on any atom is 0.252 e. The van der Waals surface area contributed by atoms with Crippen LogP contribution >= 0.6 is 0 Å². The summed E-state index contributed by atoms with van der Waals surface area (Å²) in [5.41, 5.74) is 8.97. The Labute approximate surface area is 318 Å². The molecule has 0 spiro atoms. The van der Waals surface area contributed by atoms with Crippen LogP contribution in [0, 0.1) is 22.7 Å². The Hall–Kier alpha value is -6.52. The predicted octanol–water partition coefficient (Wildman–Crippen LogP) is 6.89. The zero-order valence-electron chi connectivity index (χ0n) is 31.2. The Kier molecular flexibility index (Phi) is 9.28. The van der Waals surface area contributed by atoms with Crippen molar-refractivity contribution in [2.24, 2.45) is 11.3 Å². The molecule has 13 heteroatoms. The van der Waals surface area contributed by atoms with Crippen LogP contribution in [-0.4, -0.2) is 55.1 Å². The average Bonchev–Trinajstić information content (AvgIpc) is 4.00. The highest BCUT2D eigenvalue weighted by atomic mass is 16.3. The minimum atomic E-state index is -0.263. The van der Waals surface area contributed by atoms with Crippen molar-refractivity contribution in [2.75, 3.05) is 0 Å². The van der Waals surface area contributed by atoms with Crippen molar-refractivity contribution in [3.8, 4) is 50.8 Å². The van der Waals surface area contributed by atoms with Gasteiger partial charge < -0.3 is 10.4 Å². The van der Waals surface area contributed by atoms with Crippen LogP contribution in [-0.2, 0) is 19.7 Å². The first-order chi connectivity index (χ1) is 26.6. The van der Waals surface area contributed by atoms with Gasteiger partial charge in [-0.1, -0.05) is 45.9 Å². The number of nitrogens with zero attached hydrogens (tertiary/aromatic N) is 10. The predicted molar refractivity (Wildman–Crippen MR) is 207 cm³/mol. The monoisotopic (exact) mass is 731 g/mol. The molecule has 1 atom stereocenters. The van der Waals surface area contributed by atoms with Gasteiger partial charge in [-0.3, -0.25) is 19.1 Å². The molecule has 1 aromatic carbocycles. The topological polar surface area (TPSA) is 165 Å². The summed E-state index contributed by atoms with van der Waals surface area (Å²) < 4.78 is 5.49. The molecule has 0 saturated heterocycles. The third-order valence-corrected chi connectivity index (χ3v) is 10.0. The van der Waals surface area contributed by atoms with Gasteiger partial charge in [0.1, 0.15) is 18.4 Å². The highest BCUT2D eigenvalue weighted by molar-refractivity contribution is 6.00. The lowest BCUT2D eigenvalue weighted by Crippen LogP contribution is -2.28. The number of fused-ring (bicyclic) bond motifs is 2. The Morgan fingerprint density at radius 1 is 0.909 bits per heavy atom. The summed E-state index contributed by atoms with van der Waals surface area (Å²) in [5.74, 6) is 0.827. The van der Waals surface area contributed by atoms with Gasteiger partial charge in [0.2, 0.25) is 0 Å². The number of aromatic nitrogens is 9. The lowest BCUT2D eigenvalue weighted by atomic mass is 9.83. The average molecular weight is 732 g/mol. The molecule has 2 N–H and O–H groups in total. The van der Waals surface area contributed by atoms with Gasteiger partial charge in [-0.25, -0.2) is 14.5 Å². The van der Waals surface area contributed by atoms with E-state index in [1.165, 1.54) is 0 Å². The van der Waals surface area contributed by atoms with E-state index in [1.807, 2.05) is 52.1 Å². The molecular formula is C42H41N11O2. The second kappa shape index (κ2) is 14.4. The standard InChI is InChI=1S/C42H41N11O2/c1-26(2)11-14-51-22-29(20-45-51)32-6-5-13-44-39(32)27-7-9-34-35(16-27)41(55)48-36(34)18-42(3,4)25-52-23-30(21-46-52)33-10-8-31(19-43)47-40(33)28-12-15-53-38(17-28)49-37(24-54)50-53/h5-10,12-13,15-17,20-23,26,36,54H,11,14,18,24-25H2,1-4H3,(H,48,55). The first kappa shape index (κ1) is 35.5. The number of aryl methyl sites for hydroxylation is 1. The van der Waals surface area contributed by atoms with Crippen LogP contribution in [0.2, 0.25) is 0 Å². The van der Waals surface area contributed by atoms with Crippen molar-refractivity contribution < 1.29 is 9.90 Å². The van der Waals surface area contributed by atoms with Gasteiger partial charge in [0, 0.05) is 76.8 Å². The van der Waals surface area contributed by atoms with Crippen molar-refractivity contribution in [3.05, 3.63) is 114 Å². The fourth-order valence-electron chi connectivity index (χ4n) is 7.32. The van der Waals surface area contributed by atoms with Gasteiger partial charge in [0.15, 0.2) is 11.5 Å². The molecule has 1 amide bonds. The summed E-state index contributed by atoms with van der Waals surface area (Å²) >= 11 is 0. The maximum absolute atomic E-state index is 13.4. The summed E-state index contributed by atoms with van der Waals surface area (Å²) in [6, 6.07) is 19.3. The lowest BCUT2D eigenvalue weighted by Gasteiger charge is -2.28. The summed E-state index contributed by atoms with van der Waals surface area (Å²) in [7, 11) is 0. The van der Waals surface area contributed by atoms with E-state index in [2.05, 4.69) is 83.6 Å². The molecule has 6 aromatic heterocycles. The number of aliphatic hydroxyl groups excluding tert-OH is 1. The van der Waals surface area contributed by atoms with Gasteiger partial charge in [-0.05, 0) is 66.1 Å². The number of nitrogens with one attached hydrogen (secondary N) is 1. The van der Waals surface area contributed by atoms with Crippen molar-refractivity contribution >= 4 is 11.6 Å². The van der Waals surface area contributed by atoms with Gasteiger partial charge in [-0.2, -0.15) is 15.5 Å². The zero-order chi connectivity index (χ0) is 38.3. The number of pyridine rings is 3. The first-order valence-corrected chi connectivity index (χ1v) is 18.4. The molecule has 7 heterocycles. The van der Waals surface area contributed by atoms with Crippen LogP contribution in [0.3, 0.4) is 0 Å². The van der Waals surface area contributed by atoms with Crippen LogP contribution < -0.4 is 5.32 Å². The summed E-state index contributed by atoms with van der Waals surface area (Å²) in [6.07, 6.45) is 13.0. The normalized spacial score (nSPS) is 14.1. The second-order valence-electron chi connectivity index (χ2n) is 15.3. The molecule has 276 valence electrons. The molecule has 8 rings (SSSR count). The van der Waals surface area contributed by atoms with Crippen LogP contribution in [0.4, 0.5) is 0 Å². The third-order valence-electron chi connectivity index (χ3n) is 10.0. The van der Waals surface area contributed by atoms with E-state index in [0.29, 0.717) is 47.3 Å². The number of hydrogen-bond donors (Lipinski definition) is 2. The quantitative estimate of drug-likeness (QED) is 0.136. The number of nitriles is 1. The number of amides is 1. The van der Waals surface area contributed by atoms with E-state index < -0.39 is 0 Å². The number of rotatable bonds is 12. The molecule has 0 aliphatic carbocycles. The van der Waals surface area contributed by atoms with Gasteiger partial charge >= 0.3 is 0 Å². The molecule has 0 saturated carbocycles. The molecule has 13 nitrogen and oxygen atoms in total. The Balaban J connectivity index is 1.01. The highest BCUT2D eigenvalue weighted by Crippen LogP contribution is 2.39. The summed E-state index contributed by atoms with van der Waals surface area (Å²) in [4.78, 5) is 27.2. The number of carbonyl (C=O) groups is 1. The van der Waals surface area contributed by atoms with Crippen LogP contribution in [0.5, 0.6) is 0 Å². The molecule has 55 heavy (non-hydrogen) atoms. The molecule has 0 fully saturated rings. The number of benzene rings is 1. The molecule has 1 unspecified atom stereocenters. The largest absolute Gasteiger partial charge is 0.388 e. The maximum atomic E-state index is 13.4. The lowest BCUT2D eigenvalue weighted by molar-refractivity contribution is 0.0946. The van der Waals surface area contributed by atoms with Crippen LogP contribution in [0.15, 0.2) is 91.8 Å². The fourth-order valence-corrected chi connectivity index (χ4v) is 7.32. The smallest absolute Gasteiger partial charge is 0.252 e. The first-order valence-electron chi connectivity index (χ1n) is 18.4. The van der Waals surface area contributed by atoms with Crippen molar-refractivity contribution in [1.29, 1.82) is 5.26 Å². The molecule has 7 aromatic rings. The van der Waals surface area contributed by atoms with Crippen LogP contribution in [0.1, 0.15) is 74.0 Å². The Bertz CT molecular complexity index is 2590. The molecule has 0 bridgehead atoms. The number of carbonyl (C=O) groups excluding carboxylic acids is 1. The number of hydrogen-bond acceptors (Lipinski definition) is 9. The molecular weight excluding hydrogens is 691 g/mol. The van der Waals surface area contributed by atoms with Gasteiger partial charge in [-0.15, -0.1) is 5.10 Å². The van der Waals surface area contributed by atoms with Gasteiger partial charge in [0.25, 0.3) is 5.91 Å². The Morgan fingerprint density at radius 3 is 2.45 bits per heavy atom. The second-order valence-corrected chi connectivity index (χ2v) is 15.3. The van der Waals surface area contributed by atoms with E-state index in [4.69, 9.17) is 10.1 Å². The van der Waals surface area contributed by atoms with E-state index in [0.717, 1.165) is 57.6 Å². The molecule has 1 aliphatic heterocycles. The van der Waals surface area contributed by atoms with E-state index >= 15 is 0 Å². The summed E-state index contributed by atoms with van der Waals surface area (Å²) in [6.45, 7) is 9.97. The van der Waals surface area contributed by atoms with E-state index in [9.17, 15) is 15.2 Å². The highest BCUT2D eigenvalue weighted by Gasteiger charge is 2.34. The van der Waals surface area contributed by atoms with Crippen molar-refractivity contribution in [3.63, 3.8) is 0 Å². The third kappa shape index (κ3) is 7.24. The van der Waals surface area contributed by atoms with Crippen molar-refractivity contribution in [1.82, 2.24) is 49.4 Å². The number of aliphatic hydroxyl groups is 1. The van der Waals surface area contributed by atoms with E-state index in [1.54, 1.807) is 29.2 Å². The molecule has 1 aliphatic rings. The van der Waals surface area contributed by atoms with E-state index in [-0.39, 0.29) is 24.0 Å². The molecule has 0 radical (unpaired) electrons.